The number of aliphatic imine (C=N–C) groups is 1. The second-order valence-electron chi connectivity index (χ2n) is 17.7. The first-order valence-corrected chi connectivity index (χ1v) is 24.3. The van der Waals surface area contributed by atoms with Gasteiger partial charge in [0.1, 0.15) is 18.1 Å². The van der Waals surface area contributed by atoms with Crippen LogP contribution in [-0.4, -0.2) is 127 Å². The van der Waals surface area contributed by atoms with Gasteiger partial charge in [0.05, 0.1) is 48.1 Å². The Bertz CT molecular complexity index is 2230. The summed E-state index contributed by atoms with van der Waals surface area (Å²) in [6.07, 6.45) is 16.6. The molecule has 0 bridgehead atoms. The van der Waals surface area contributed by atoms with E-state index in [0.717, 1.165) is 72.7 Å². The fourth-order valence-electron chi connectivity index (χ4n) is 8.11. The molecular weight excluding hydrogens is 865 g/mol. The molecular formula is C55H82N10O4. The summed E-state index contributed by atoms with van der Waals surface area (Å²) in [5, 5.41) is 20.6. The molecule has 4 aliphatic heterocycles. The normalized spacial score (nSPS) is 18.8. The van der Waals surface area contributed by atoms with Crippen molar-refractivity contribution in [1.82, 2.24) is 25.0 Å². The van der Waals surface area contributed by atoms with Gasteiger partial charge in [-0.2, -0.15) is 0 Å². The van der Waals surface area contributed by atoms with Crippen LogP contribution in [0.5, 0.6) is 5.88 Å². The van der Waals surface area contributed by atoms with Gasteiger partial charge in [-0.15, -0.1) is 5.73 Å². The van der Waals surface area contributed by atoms with Gasteiger partial charge in [0.15, 0.2) is 0 Å². The van der Waals surface area contributed by atoms with Crippen molar-refractivity contribution < 1.29 is 20.6 Å². The number of benzene rings is 1. The molecule has 2 amide bonds. The standard InChI is InChI=1S/C36H52N8O3.C9H13NO.C8H9N.C2H6.H2/c1-9-13-29(35(45)42-20-18-41(19-21-42)32(37)11-3)14-12-16-38-27(5)40-30-25-43(17-15-28(30)10-2)31-24-39-34-33(26(31)4)44(22-23-46-34)47-36(6,7)8;1-3-9-8(2)5-4-6-10(9)7-11;1-7(9)8-5-3-2-4-6-8;1-2;/h9-14,24,27,37-38H,1,3,15-23,25H2,2,4-8H3;7-8H,1,4-6H2,2H3;2-6,9H,1H3;1-2H3;1H/b14-12-,28-10-,29-13+,37-32?,40-30-;;;;. The van der Waals surface area contributed by atoms with Crippen molar-refractivity contribution in [2.24, 2.45) is 10.9 Å². The number of likely N-dealkylation sites (tertiary alicyclic amines) is 1. The molecule has 3 fully saturated rings. The Hall–Kier alpha value is -6.34. The van der Waals surface area contributed by atoms with E-state index in [-0.39, 0.29) is 19.1 Å². The number of carbonyl (C=O) groups is 2. The number of rotatable bonds is 12. The number of piperidine rings is 2. The summed E-state index contributed by atoms with van der Waals surface area (Å²) in [6.45, 7) is 37.7. The number of nitrogens with zero attached hydrogens (tertiary/aromatic N) is 7. The van der Waals surface area contributed by atoms with Crippen molar-refractivity contribution in [2.75, 3.05) is 75.5 Å². The largest absolute Gasteiger partial charge is 0.474 e. The molecule has 0 radical (unpaired) electrons. The Morgan fingerprint density at radius 2 is 1.77 bits per heavy atom. The molecule has 69 heavy (non-hydrogen) atoms. The minimum absolute atomic E-state index is 0. The summed E-state index contributed by atoms with van der Waals surface area (Å²) >= 11 is 0. The molecule has 3 saturated heterocycles. The first-order chi connectivity index (χ1) is 33.0. The Morgan fingerprint density at radius 1 is 1.09 bits per heavy atom. The lowest BCUT2D eigenvalue weighted by molar-refractivity contribution is -0.128. The third-order valence-electron chi connectivity index (χ3n) is 11.6. The number of amidine groups is 1. The summed E-state index contributed by atoms with van der Waals surface area (Å²) in [4.78, 5) is 47.6. The minimum atomic E-state index is -0.339. The number of pyridine rings is 1. The summed E-state index contributed by atoms with van der Waals surface area (Å²) in [5.74, 6) is 1.40. The topological polar surface area (TPSA) is 154 Å². The Kier molecular flexibility index (Phi) is 23.8. The van der Waals surface area contributed by atoms with Crippen molar-refractivity contribution in [3.8, 4) is 5.88 Å². The molecule has 14 nitrogen and oxygen atoms in total. The second kappa shape index (κ2) is 28.9. The van der Waals surface area contributed by atoms with Crippen LogP contribution >= 0.6 is 0 Å². The van der Waals surface area contributed by atoms with Crippen LogP contribution in [0.25, 0.3) is 0 Å². The number of aromatic nitrogens is 1. The number of allylic oxidation sites excluding steroid dienone is 4. The molecule has 2 aromatic rings. The van der Waals surface area contributed by atoms with Gasteiger partial charge >= 0.3 is 0 Å². The smallest absolute Gasteiger partial charge is 0.253 e. The first kappa shape index (κ1) is 57.0. The van der Waals surface area contributed by atoms with Crippen molar-refractivity contribution in [2.45, 2.75) is 100 Å². The van der Waals surface area contributed by atoms with Crippen LogP contribution in [0.3, 0.4) is 0 Å². The third kappa shape index (κ3) is 17.3. The molecule has 0 spiro atoms. The number of hydrogen-bond acceptors (Lipinski definition) is 11. The zero-order valence-corrected chi connectivity index (χ0v) is 43.2. The number of ether oxygens (including phenoxy) is 1. The van der Waals surface area contributed by atoms with Crippen molar-refractivity contribution in [3.05, 3.63) is 126 Å². The van der Waals surface area contributed by atoms with Crippen LogP contribution in [0.2, 0.25) is 0 Å². The van der Waals surface area contributed by atoms with E-state index in [2.05, 4.69) is 67.5 Å². The third-order valence-corrected chi connectivity index (χ3v) is 11.6. The van der Waals surface area contributed by atoms with E-state index in [9.17, 15) is 9.59 Å². The van der Waals surface area contributed by atoms with Crippen LogP contribution in [0.15, 0.2) is 120 Å². The van der Waals surface area contributed by atoms with Crippen LogP contribution in [0.1, 0.15) is 94.1 Å². The molecule has 2 atom stereocenters. The number of fused-ring (bicyclic) bond motifs is 1. The minimum Gasteiger partial charge on any atom is -0.474 e. The molecule has 0 aliphatic carbocycles. The zero-order chi connectivity index (χ0) is 51.1. The summed E-state index contributed by atoms with van der Waals surface area (Å²) in [6, 6.07) is 9.69. The molecule has 1 aromatic heterocycles. The summed E-state index contributed by atoms with van der Waals surface area (Å²) in [7, 11) is 0. The Balaban J connectivity index is 0.000000597. The highest BCUT2D eigenvalue weighted by Crippen LogP contribution is 2.40. The Labute approximate surface area is 415 Å². The predicted molar refractivity (Wildman–Crippen MR) is 288 cm³/mol. The van der Waals surface area contributed by atoms with Gasteiger partial charge in [-0.05, 0) is 84.9 Å². The fourth-order valence-corrected chi connectivity index (χ4v) is 8.11. The van der Waals surface area contributed by atoms with Crippen molar-refractivity contribution in [3.63, 3.8) is 0 Å². The maximum atomic E-state index is 13.2. The van der Waals surface area contributed by atoms with Crippen LogP contribution < -0.4 is 20.0 Å². The first-order valence-electron chi connectivity index (χ1n) is 24.3. The number of hydroxylamine groups is 1. The maximum absolute atomic E-state index is 13.2. The highest BCUT2D eigenvalue weighted by Gasteiger charge is 2.31. The van der Waals surface area contributed by atoms with E-state index < -0.39 is 0 Å². The lowest BCUT2D eigenvalue weighted by atomic mass is 9.97. The van der Waals surface area contributed by atoms with E-state index >= 15 is 0 Å². The SMILES string of the molecule is C=C/C=C(\C=C/CNC(C)/N=C1/CN(c2cnc3c(c2C)N(OC(C)(C)C)CCO3)CC/C1=C/C)C(=O)N1CCN(C(=N)C=C)CC1.C=C=C1C(C)CCCN1C=O.CC.CC(=N)c1ccccc1.[HH]. The number of anilines is 2. The van der Waals surface area contributed by atoms with Gasteiger partial charge in [0.2, 0.25) is 12.3 Å². The fraction of sp³-hybridized carbons (Fsp3) is 0.473. The second-order valence-corrected chi connectivity index (χ2v) is 17.7. The molecule has 3 N–H and O–H groups in total. The molecule has 5 heterocycles. The molecule has 2 unspecified atom stereocenters. The number of nitrogens with one attached hydrogen (secondary N) is 3. The molecule has 0 saturated carbocycles. The van der Waals surface area contributed by atoms with Gasteiger partial charge in [-0.25, -0.2) is 10.0 Å². The highest BCUT2D eigenvalue weighted by atomic mass is 16.7. The Morgan fingerprint density at radius 3 is 2.33 bits per heavy atom. The van der Waals surface area contributed by atoms with Gasteiger partial charge in [-0.1, -0.05) is 101 Å². The molecule has 14 heteroatoms. The van der Waals surface area contributed by atoms with E-state index in [4.69, 9.17) is 25.4 Å². The lowest BCUT2D eigenvalue weighted by Gasteiger charge is -2.38. The number of hydrogen-bond donors (Lipinski definition) is 3. The van der Waals surface area contributed by atoms with Gasteiger partial charge < -0.3 is 29.7 Å². The molecule has 1 aromatic carbocycles. The molecule has 376 valence electrons. The van der Waals surface area contributed by atoms with Crippen LogP contribution in [-0.2, 0) is 14.4 Å². The van der Waals surface area contributed by atoms with Crippen molar-refractivity contribution >= 4 is 41.0 Å². The predicted octanol–water partition coefficient (Wildman–Crippen LogP) is 9.72. The summed E-state index contributed by atoms with van der Waals surface area (Å²) < 4.78 is 5.89. The average Bonchev–Trinajstić information content (AvgIpc) is 3.35. The molecule has 6 rings (SSSR count). The van der Waals surface area contributed by atoms with E-state index in [1.165, 1.54) is 11.6 Å². The zero-order valence-electron chi connectivity index (χ0n) is 43.2. The monoisotopic (exact) mass is 947 g/mol. The summed E-state index contributed by atoms with van der Waals surface area (Å²) in [5.41, 5.74) is 10.9. The maximum Gasteiger partial charge on any atom is 0.253 e. The number of piperazine rings is 1. The number of carbonyl (C=O) groups excluding carboxylic acids is 2. The van der Waals surface area contributed by atoms with Crippen LogP contribution in [0.4, 0.5) is 11.4 Å². The van der Waals surface area contributed by atoms with E-state index in [1.807, 2.05) is 105 Å². The van der Waals surface area contributed by atoms with Gasteiger partial charge in [0.25, 0.3) is 5.91 Å². The van der Waals surface area contributed by atoms with Crippen LogP contribution in [0, 0.1) is 23.7 Å². The number of amides is 2. The highest BCUT2D eigenvalue weighted by molar-refractivity contribution is 6.04. The van der Waals surface area contributed by atoms with Gasteiger partial charge in [0, 0.05) is 70.0 Å². The quantitative estimate of drug-likeness (QED) is 0.0472. The van der Waals surface area contributed by atoms with E-state index in [0.29, 0.717) is 81.3 Å². The lowest BCUT2D eigenvalue weighted by Crippen LogP contribution is -2.50. The average molecular weight is 947 g/mol. The van der Waals surface area contributed by atoms with E-state index in [1.54, 1.807) is 24.0 Å². The molecule has 4 aliphatic rings. The van der Waals surface area contributed by atoms with Crippen molar-refractivity contribution in [1.29, 1.82) is 10.8 Å². The van der Waals surface area contributed by atoms with Gasteiger partial charge in [-0.3, -0.25) is 30.1 Å².